The fourth-order valence-corrected chi connectivity index (χ4v) is 2.38. The summed E-state index contributed by atoms with van der Waals surface area (Å²) in [5.74, 6) is 4.63. The molecule has 4 heteroatoms. The molecule has 2 aromatic rings. The van der Waals surface area contributed by atoms with E-state index in [-0.39, 0.29) is 18.4 Å². The van der Waals surface area contributed by atoms with Crippen molar-refractivity contribution in [3.63, 3.8) is 0 Å². The Labute approximate surface area is 155 Å². The number of carboxylic acids is 1. The van der Waals surface area contributed by atoms with E-state index in [1.165, 1.54) is 16.3 Å². The number of carbonyl (C=O) groups is 1. The molecule has 0 bridgehead atoms. The fourth-order valence-electron chi connectivity index (χ4n) is 2.38. The number of rotatable bonds is 5. The Morgan fingerprint density at radius 3 is 2.64 bits per heavy atom. The lowest BCUT2D eigenvalue weighted by atomic mass is 9.95. The molecule has 0 saturated carbocycles. The second kappa shape index (κ2) is 9.27. The maximum Gasteiger partial charge on any atom is 0.321 e. The van der Waals surface area contributed by atoms with Gasteiger partial charge in [0.1, 0.15) is 5.41 Å². The monoisotopic (exact) mass is 357 g/mol. The molecule has 0 saturated heterocycles. The van der Waals surface area contributed by atoms with Crippen molar-refractivity contribution in [3.05, 3.63) is 60.2 Å². The van der Waals surface area contributed by atoms with Gasteiger partial charge in [-0.25, -0.2) is 0 Å². The molecule has 3 nitrogen and oxygen atoms in total. The van der Waals surface area contributed by atoms with Gasteiger partial charge < -0.3 is 10.4 Å². The summed E-state index contributed by atoms with van der Waals surface area (Å²) in [6, 6.07) is 14.9. The number of hydrogen-bond donors (Lipinski definition) is 2. The number of nitrogens with one attached hydrogen (secondary N) is 1. The zero-order chi connectivity index (χ0) is 17.6. The Morgan fingerprint density at radius 1 is 1.24 bits per heavy atom. The summed E-state index contributed by atoms with van der Waals surface area (Å²) in [5, 5.41) is 14.9. The molecule has 0 aliphatic rings. The molecule has 2 N–H and O–H groups in total. The van der Waals surface area contributed by atoms with E-state index in [1.54, 1.807) is 19.9 Å². The average Bonchev–Trinajstić information content (AvgIpc) is 2.57. The van der Waals surface area contributed by atoms with Gasteiger partial charge >= 0.3 is 5.97 Å². The quantitative estimate of drug-likeness (QED) is 0.770. The van der Waals surface area contributed by atoms with Crippen molar-refractivity contribution in [2.75, 3.05) is 6.54 Å². The van der Waals surface area contributed by atoms with Gasteiger partial charge in [0.15, 0.2) is 0 Å². The average molecular weight is 358 g/mol. The molecule has 132 valence electrons. The minimum absolute atomic E-state index is 0. The van der Waals surface area contributed by atoms with E-state index < -0.39 is 11.4 Å². The summed E-state index contributed by atoms with van der Waals surface area (Å²) in [5.41, 5.74) is 0.244. The van der Waals surface area contributed by atoms with Crippen molar-refractivity contribution in [2.45, 2.75) is 26.8 Å². The highest BCUT2D eigenvalue weighted by molar-refractivity contribution is 5.86. The second-order valence-corrected chi connectivity index (χ2v) is 6.30. The Morgan fingerprint density at radius 2 is 1.92 bits per heavy atom. The Kier molecular flexibility index (Phi) is 7.70. The normalized spacial score (nSPS) is 12.3. The lowest BCUT2D eigenvalue weighted by Gasteiger charge is -2.15. The maximum atomic E-state index is 11.0. The first-order valence-electron chi connectivity index (χ1n) is 8.04. The molecule has 0 amide bonds. The third kappa shape index (κ3) is 5.63. The van der Waals surface area contributed by atoms with Gasteiger partial charge in [-0.3, -0.25) is 4.79 Å². The fraction of sp³-hybridized carbons (Fsp3) is 0.286. The number of benzene rings is 2. The van der Waals surface area contributed by atoms with Crippen LogP contribution in [-0.2, 0) is 4.79 Å². The Hall–Kier alpha value is -2.28. The zero-order valence-corrected chi connectivity index (χ0v) is 15.6. The number of aliphatic carboxylic acids is 1. The highest BCUT2D eigenvalue weighted by atomic mass is 35.5. The topological polar surface area (TPSA) is 49.3 Å². The molecule has 0 unspecified atom stereocenters. The van der Waals surface area contributed by atoms with Gasteiger partial charge in [-0.2, -0.15) is 0 Å². The number of allylic oxidation sites excluding steroid dienone is 1. The smallest absolute Gasteiger partial charge is 0.321 e. The van der Waals surface area contributed by atoms with Crippen molar-refractivity contribution in [2.24, 2.45) is 5.41 Å². The van der Waals surface area contributed by atoms with Crippen LogP contribution in [0.5, 0.6) is 0 Å². The first-order valence-corrected chi connectivity index (χ1v) is 8.04. The molecule has 1 atom stereocenters. The SMILES string of the molecule is C[C@@H](NC/C=C\C#CC(C)(C)C(=O)O)c1cccc2ccccc12.Cl. The first kappa shape index (κ1) is 20.8. The number of hydrogen-bond acceptors (Lipinski definition) is 2. The molecular formula is C21H24ClNO2. The summed E-state index contributed by atoms with van der Waals surface area (Å²) in [6.45, 7) is 6.00. The maximum absolute atomic E-state index is 11.0. The summed E-state index contributed by atoms with van der Waals surface area (Å²) < 4.78 is 0. The van der Waals surface area contributed by atoms with Crippen LogP contribution in [0, 0.1) is 17.3 Å². The minimum Gasteiger partial charge on any atom is -0.480 e. The molecule has 0 spiro atoms. The van der Waals surface area contributed by atoms with E-state index >= 15 is 0 Å². The van der Waals surface area contributed by atoms with Crippen LogP contribution in [0.2, 0.25) is 0 Å². The molecule has 2 aromatic carbocycles. The molecule has 0 aliphatic carbocycles. The van der Waals surface area contributed by atoms with Crippen LogP contribution in [0.3, 0.4) is 0 Å². The van der Waals surface area contributed by atoms with Gasteiger partial charge in [0.2, 0.25) is 0 Å². The van der Waals surface area contributed by atoms with E-state index in [4.69, 9.17) is 5.11 Å². The van der Waals surface area contributed by atoms with Gasteiger partial charge in [0.05, 0.1) is 0 Å². The van der Waals surface area contributed by atoms with Crippen LogP contribution in [0.15, 0.2) is 54.6 Å². The molecule has 0 aromatic heterocycles. The second-order valence-electron chi connectivity index (χ2n) is 6.30. The van der Waals surface area contributed by atoms with E-state index in [0.717, 1.165) is 0 Å². The van der Waals surface area contributed by atoms with Crippen LogP contribution in [-0.4, -0.2) is 17.6 Å². The van der Waals surface area contributed by atoms with Gasteiger partial charge in [-0.15, -0.1) is 12.4 Å². The van der Waals surface area contributed by atoms with Crippen LogP contribution >= 0.6 is 12.4 Å². The van der Waals surface area contributed by atoms with Gasteiger partial charge in [-0.1, -0.05) is 60.4 Å². The lowest BCUT2D eigenvalue weighted by Crippen LogP contribution is -2.21. The lowest BCUT2D eigenvalue weighted by molar-refractivity contribution is -0.143. The molecule has 0 fully saturated rings. The molecule has 2 rings (SSSR count). The highest BCUT2D eigenvalue weighted by Gasteiger charge is 2.23. The van der Waals surface area contributed by atoms with Gasteiger partial charge in [0, 0.05) is 12.6 Å². The molecule has 25 heavy (non-hydrogen) atoms. The first-order chi connectivity index (χ1) is 11.4. The number of halogens is 1. The van der Waals surface area contributed by atoms with Crippen molar-refractivity contribution in [3.8, 4) is 11.8 Å². The summed E-state index contributed by atoms with van der Waals surface area (Å²) in [4.78, 5) is 11.0. The summed E-state index contributed by atoms with van der Waals surface area (Å²) in [6.07, 6.45) is 3.61. The van der Waals surface area contributed by atoms with Crippen LogP contribution in [0.1, 0.15) is 32.4 Å². The molecule has 0 heterocycles. The van der Waals surface area contributed by atoms with Crippen LogP contribution < -0.4 is 5.32 Å². The number of fused-ring (bicyclic) bond motifs is 1. The van der Waals surface area contributed by atoms with Crippen molar-refractivity contribution in [1.29, 1.82) is 0 Å². The minimum atomic E-state index is -1.02. The van der Waals surface area contributed by atoms with Crippen molar-refractivity contribution >= 4 is 29.1 Å². The van der Waals surface area contributed by atoms with Crippen molar-refractivity contribution in [1.82, 2.24) is 5.32 Å². The zero-order valence-electron chi connectivity index (χ0n) is 14.7. The third-order valence-electron chi connectivity index (χ3n) is 3.95. The Bertz CT molecular complexity index is 810. The Balaban J connectivity index is 0.00000312. The largest absolute Gasteiger partial charge is 0.480 e. The van der Waals surface area contributed by atoms with E-state index in [0.29, 0.717) is 6.54 Å². The third-order valence-corrected chi connectivity index (χ3v) is 3.95. The summed E-state index contributed by atoms with van der Waals surface area (Å²) in [7, 11) is 0. The van der Waals surface area contributed by atoms with E-state index in [2.05, 4.69) is 60.5 Å². The predicted octanol–water partition coefficient (Wildman–Crippen LogP) is 4.58. The van der Waals surface area contributed by atoms with Gasteiger partial charge in [0.25, 0.3) is 0 Å². The van der Waals surface area contributed by atoms with Crippen LogP contribution in [0.25, 0.3) is 10.8 Å². The highest BCUT2D eigenvalue weighted by Crippen LogP contribution is 2.23. The molecule has 0 radical (unpaired) electrons. The van der Waals surface area contributed by atoms with Crippen molar-refractivity contribution < 1.29 is 9.90 Å². The van der Waals surface area contributed by atoms with E-state index in [1.807, 2.05) is 12.1 Å². The molecule has 0 aliphatic heterocycles. The van der Waals surface area contributed by atoms with Crippen LogP contribution in [0.4, 0.5) is 0 Å². The summed E-state index contributed by atoms with van der Waals surface area (Å²) >= 11 is 0. The standard InChI is InChI=1S/C21H23NO2.ClH/c1-16(18-13-9-11-17-10-5-6-12-19(17)18)22-15-8-4-7-14-21(2,3)20(23)24;/h4-6,8-13,16,22H,15H2,1-3H3,(H,23,24);1H/b8-4-;/t16-;/m1./s1. The number of carboxylic acid groups (broad SMARTS) is 1. The predicted molar refractivity (Wildman–Crippen MR) is 106 cm³/mol. The van der Waals surface area contributed by atoms with E-state index in [9.17, 15) is 4.79 Å². The molecular weight excluding hydrogens is 334 g/mol. The van der Waals surface area contributed by atoms with Gasteiger partial charge in [-0.05, 0) is 43.2 Å².